The third-order valence-electron chi connectivity index (χ3n) is 4.10. The molecule has 1 aliphatic heterocycles. The third-order valence-corrected chi connectivity index (χ3v) is 4.10. The summed E-state index contributed by atoms with van der Waals surface area (Å²) < 4.78 is 5.15. The lowest BCUT2D eigenvalue weighted by molar-refractivity contribution is 0.177. The minimum absolute atomic E-state index is 0.0351. The molecule has 24 heavy (non-hydrogen) atoms. The molecule has 2 heterocycles. The van der Waals surface area contributed by atoms with Crippen LogP contribution in [0, 0.1) is 5.92 Å². The van der Waals surface area contributed by atoms with Crippen LogP contribution in [0.25, 0.3) is 0 Å². The molecule has 0 aliphatic carbocycles. The van der Waals surface area contributed by atoms with Gasteiger partial charge in [-0.05, 0) is 18.4 Å². The zero-order valence-corrected chi connectivity index (χ0v) is 14.0. The molecule has 7 heteroatoms. The summed E-state index contributed by atoms with van der Waals surface area (Å²) in [6, 6.07) is 9.98. The molecule has 1 aliphatic rings. The lowest BCUT2D eigenvalue weighted by atomic mass is 10.1. The lowest BCUT2D eigenvalue weighted by Crippen LogP contribution is -2.38. The molecule has 0 saturated carbocycles. The van der Waals surface area contributed by atoms with Gasteiger partial charge in [-0.15, -0.1) is 0 Å². The van der Waals surface area contributed by atoms with E-state index in [0.29, 0.717) is 18.5 Å². The zero-order valence-electron chi connectivity index (χ0n) is 14.0. The van der Waals surface area contributed by atoms with Crippen LogP contribution >= 0.6 is 0 Å². The molecule has 2 aromatic rings. The Balaban J connectivity index is 1.80. The number of hydrogen-bond donors (Lipinski definition) is 1. The van der Waals surface area contributed by atoms with E-state index in [-0.39, 0.29) is 18.0 Å². The highest BCUT2D eigenvalue weighted by Crippen LogP contribution is 2.25. The lowest BCUT2D eigenvalue weighted by Gasteiger charge is -2.22. The third kappa shape index (κ3) is 3.29. The fourth-order valence-electron chi connectivity index (χ4n) is 2.65. The first-order valence-electron chi connectivity index (χ1n) is 8.02. The number of benzene rings is 1. The van der Waals surface area contributed by atoms with Crippen LogP contribution in [0.5, 0.6) is 0 Å². The van der Waals surface area contributed by atoms with Gasteiger partial charge in [0.05, 0.1) is 12.1 Å². The van der Waals surface area contributed by atoms with Crippen LogP contribution < -0.4 is 10.2 Å². The number of anilines is 2. The summed E-state index contributed by atoms with van der Waals surface area (Å²) in [6.07, 6.45) is 0.993. The van der Waals surface area contributed by atoms with Crippen LogP contribution in [0.2, 0.25) is 0 Å². The highest BCUT2D eigenvalue weighted by Gasteiger charge is 2.38. The Morgan fingerprint density at radius 3 is 2.67 bits per heavy atom. The normalized spacial score (nSPS) is 18.6. The topological polar surface area (TPSA) is 80.2 Å². The van der Waals surface area contributed by atoms with E-state index in [1.165, 1.54) is 11.2 Å². The molecule has 0 radical (unpaired) electrons. The van der Waals surface area contributed by atoms with Gasteiger partial charge in [-0.1, -0.05) is 44.2 Å². The van der Waals surface area contributed by atoms with Gasteiger partial charge >= 0.3 is 6.09 Å². The predicted octanol–water partition coefficient (Wildman–Crippen LogP) is 3.03. The molecular formula is C17H21N5O2. The maximum absolute atomic E-state index is 12.0. The van der Waals surface area contributed by atoms with Gasteiger partial charge in [0.25, 0.3) is 0 Å². The molecule has 0 spiro atoms. The SMILES string of the molecule is CC(C)[C@H]1COC(=O)N1c1ncnc(N[C@@H](C)c2ccccc2)n1. The van der Waals surface area contributed by atoms with Crippen LogP contribution in [0.15, 0.2) is 36.7 Å². The fourth-order valence-corrected chi connectivity index (χ4v) is 2.65. The van der Waals surface area contributed by atoms with Crippen molar-refractivity contribution in [2.75, 3.05) is 16.8 Å². The van der Waals surface area contributed by atoms with Crippen molar-refractivity contribution in [3.05, 3.63) is 42.2 Å². The summed E-state index contributed by atoms with van der Waals surface area (Å²) in [7, 11) is 0. The largest absolute Gasteiger partial charge is 0.447 e. The van der Waals surface area contributed by atoms with Crippen molar-refractivity contribution in [3.63, 3.8) is 0 Å². The van der Waals surface area contributed by atoms with E-state index in [1.807, 2.05) is 51.1 Å². The maximum atomic E-state index is 12.0. The van der Waals surface area contributed by atoms with E-state index >= 15 is 0 Å². The first-order chi connectivity index (χ1) is 11.6. The molecule has 1 aromatic carbocycles. The number of ether oxygens (including phenoxy) is 1. The highest BCUT2D eigenvalue weighted by atomic mass is 16.6. The Morgan fingerprint density at radius 2 is 1.96 bits per heavy atom. The molecular weight excluding hydrogens is 306 g/mol. The number of cyclic esters (lactones) is 1. The Labute approximate surface area is 141 Å². The van der Waals surface area contributed by atoms with Gasteiger partial charge in [0.2, 0.25) is 11.9 Å². The van der Waals surface area contributed by atoms with Crippen LogP contribution in [0.1, 0.15) is 32.4 Å². The molecule has 3 rings (SSSR count). The first kappa shape index (κ1) is 16.2. The van der Waals surface area contributed by atoms with Crippen molar-refractivity contribution < 1.29 is 9.53 Å². The molecule has 0 bridgehead atoms. The summed E-state index contributed by atoms with van der Waals surface area (Å²) in [5, 5.41) is 3.24. The van der Waals surface area contributed by atoms with Gasteiger partial charge in [-0.2, -0.15) is 4.98 Å². The summed E-state index contributed by atoms with van der Waals surface area (Å²) >= 11 is 0. The summed E-state index contributed by atoms with van der Waals surface area (Å²) in [4.78, 5) is 26.2. The summed E-state index contributed by atoms with van der Waals surface area (Å²) in [5.74, 6) is 0.986. The fraction of sp³-hybridized carbons (Fsp3) is 0.412. The molecule has 0 unspecified atom stereocenters. The number of aromatic nitrogens is 3. The quantitative estimate of drug-likeness (QED) is 0.909. The maximum Gasteiger partial charge on any atom is 0.417 e. The Morgan fingerprint density at radius 1 is 1.21 bits per heavy atom. The molecule has 7 nitrogen and oxygen atoms in total. The highest BCUT2D eigenvalue weighted by molar-refractivity contribution is 5.88. The molecule has 1 N–H and O–H groups in total. The standard InChI is InChI=1S/C17H21N5O2/c1-11(2)14-9-24-17(23)22(14)16-19-10-18-15(21-16)20-12(3)13-7-5-4-6-8-13/h4-8,10-12,14H,9H2,1-3H3,(H,18,19,20,21)/t12-,14+/m0/s1. The monoisotopic (exact) mass is 327 g/mol. The van der Waals surface area contributed by atoms with Crippen molar-refractivity contribution in [3.8, 4) is 0 Å². The molecule has 126 valence electrons. The number of amides is 1. The number of nitrogens with one attached hydrogen (secondary N) is 1. The number of nitrogens with zero attached hydrogens (tertiary/aromatic N) is 4. The van der Waals surface area contributed by atoms with Crippen molar-refractivity contribution in [2.45, 2.75) is 32.9 Å². The van der Waals surface area contributed by atoms with Gasteiger partial charge in [-0.25, -0.2) is 19.7 Å². The van der Waals surface area contributed by atoms with E-state index in [2.05, 4.69) is 20.3 Å². The van der Waals surface area contributed by atoms with E-state index in [1.54, 1.807) is 0 Å². The van der Waals surface area contributed by atoms with Crippen molar-refractivity contribution in [2.24, 2.45) is 5.92 Å². The first-order valence-corrected chi connectivity index (χ1v) is 8.02. The Bertz CT molecular complexity index is 707. The Hall–Kier alpha value is -2.70. The van der Waals surface area contributed by atoms with E-state index in [0.717, 1.165) is 5.56 Å². The second-order valence-electron chi connectivity index (χ2n) is 6.14. The van der Waals surface area contributed by atoms with Crippen LogP contribution in [0.4, 0.5) is 16.7 Å². The average Bonchev–Trinajstić information content (AvgIpc) is 2.98. The number of hydrogen-bond acceptors (Lipinski definition) is 6. The molecule has 1 aromatic heterocycles. The van der Waals surface area contributed by atoms with E-state index in [9.17, 15) is 4.79 Å². The molecule has 1 saturated heterocycles. The van der Waals surface area contributed by atoms with E-state index in [4.69, 9.17) is 4.74 Å². The summed E-state index contributed by atoms with van der Waals surface area (Å²) in [6.45, 7) is 6.46. The van der Waals surface area contributed by atoms with Crippen molar-refractivity contribution in [1.29, 1.82) is 0 Å². The molecule has 1 amide bonds. The van der Waals surface area contributed by atoms with Crippen LogP contribution in [-0.4, -0.2) is 33.7 Å². The smallest absolute Gasteiger partial charge is 0.417 e. The number of carbonyl (C=O) groups is 1. The zero-order chi connectivity index (χ0) is 17.1. The van der Waals surface area contributed by atoms with Gasteiger partial charge < -0.3 is 10.1 Å². The number of rotatable bonds is 5. The minimum Gasteiger partial charge on any atom is -0.447 e. The summed E-state index contributed by atoms with van der Waals surface area (Å²) in [5.41, 5.74) is 1.13. The second-order valence-corrected chi connectivity index (χ2v) is 6.14. The van der Waals surface area contributed by atoms with Crippen LogP contribution in [-0.2, 0) is 4.74 Å². The second kappa shape index (κ2) is 6.82. The van der Waals surface area contributed by atoms with Crippen LogP contribution in [0.3, 0.4) is 0 Å². The molecule has 1 fully saturated rings. The Kier molecular flexibility index (Phi) is 4.59. The van der Waals surface area contributed by atoms with Gasteiger partial charge in [0.15, 0.2) is 0 Å². The predicted molar refractivity (Wildman–Crippen MR) is 90.8 cm³/mol. The van der Waals surface area contributed by atoms with Gasteiger partial charge in [-0.3, -0.25) is 0 Å². The van der Waals surface area contributed by atoms with Crippen molar-refractivity contribution >= 4 is 18.0 Å². The average molecular weight is 327 g/mol. The van der Waals surface area contributed by atoms with Crippen molar-refractivity contribution in [1.82, 2.24) is 15.0 Å². The minimum atomic E-state index is -0.415. The van der Waals surface area contributed by atoms with E-state index < -0.39 is 6.09 Å². The number of carbonyl (C=O) groups excluding carboxylic acids is 1. The molecule has 2 atom stereocenters. The van der Waals surface area contributed by atoms with Gasteiger partial charge in [0.1, 0.15) is 12.9 Å². The van der Waals surface area contributed by atoms with Gasteiger partial charge in [0, 0.05) is 0 Å².